The van der Waals surface area contributed by atoms with Crippen molar-refractivity contribution in [2.75, 3.05) is 13.1 Å². The predicted molar refractivity (Wildman–Crippen MR) is 76.6 cm³/mol. The zero-order valence-corrected chi connectivity index (χ0v) is 12.7. The van der Waals surface area contributed by atoms with Gasteiger partial charge in [-0.2, -0.15) is 0 Å². The largest absolute Gasteiger partial charge is 0.481 e. The number of aliphatic carboxylic acids is 1. The maximum Gasteiger partial charge on any atom is 0.308 e. The summed E-state index contributed by atoms with van der Waals surface area (Å²) in [5.41, 5.74) is 0. The number of carbonyl (C=O) groups excluding carboxylic acids is 1. The van der Waals surface area contributed by atoms with Crippen molar-refractivity contribution in [1.82, 2.24) is 4.90 Å². The van der Waals surface area contributed by atoms with E-state index in [1.165, 1.54) is 0 Å². The number of halogens is 1. The van der Waals surface area contributed by atoms with E-state index in [2.05, 4.69) is 15.9 Å². The summed E-state index contributed by atoms with van der Waals surface area (Å²) < 4.78 is 6.41. The van der Waals surface area contributed by atoms with Crippen LogP contribution in [0, 0.1) is 5.92 Å². The first kappa shape index (κ1) is 14.8. The maximum absolute atomic E-state index is 12.2. The maximum atomic E-state index is 12.2. The fourth-order valence-corrected chi connectivity index (χ4v) is 2.58. The molecule has 1 aliphatic rings. The second-order valence-corrected chi connectivity index (χ2v) is 5.65. The van der Waals surface area contributed by atoms with Gasteiger partial charge in [0.25, 0.3) is 5.91 Å². The molecule has 1 aromatic rings. The normalized spacial score (nSPS) is 19.7. The lowest BCUT2D eigenvalue weighted by atomic mass is 10.1. The molecule has 0 spiro atoms. The summed E-state index contributed by atoms with van der Waals surface area (Å²) in [6.07, 6.45) is -0.135. The molecule has 1 aliphatic heterocycles. The predicted octanol–water partition coefficient (Wildman–Crippen LogP) is 2.15. The summed E-state index contributed by atoms with van der Waals surface area (Å²) in [5.74, 6) is -0.888. The van der Waals surface area contributed by atoms with Crippen molar-refractivity contribution in [3.05, 3.63) is 28.7 Å². The molecule has 1 amide bonds. The van der Waals surface area contributed by atoms with Gasteiger partial charge in [0.15, 0.2) is 6.10 Å². The minimum atomic E-state index is -0.848. The number of hydrogen-bond donors (Lipinski definition) is 1. The summed E-state index contributed by atoms with van der Waals surface area (Å²) in [6, 6.07) is 7.30. The van der Waals surface area contributed by atoms with Gasteiger partial charge in [-0.1, -0.05) is 12.1 Å². The van der Waals surface area contributed by atoms with Gasteiger partial charge in [-0.25, -0.2) is 0 Å². The fraction of sp³-hybridized carbons (Fsp3) is 0.429. The molecule has 5 nitrogen and oxygen atoms in total. The molecule has 1 N–H and O–H groups in total. The van der Waals surface area contributed by atoms with Crippen LogP contribution in [-0.2, 0) is 9.59 Å². The number of carboxylic acid groups (broad SMARTS) is 1. The Balaban J connectivity index is 1.96. The first-order valence-electron chi connectivity index (χ1n) is 6.42. The number of likely N-dealkylation sites (tertiary alicyclic amines) is 1. The number of carbonyl (C=O) groups is 2. The van der Waals surface area contributed by atoms with Crippen molar-refractivity contribution < 1.29 is 19.4 Å². The Morgan fingerprint density at radius 1 is 1.45 bits per heavy atom. The minimum absolute atomic E-state index is 0.176. The second-order valence-electron chi connectivity index (χ2n) is 4.80. The van der Waals surface area contributed by atoms with Gasteiger partial charge in [0, 0.05) is 13.1 Å². The molecule has 0 aliphatic carbocycles. The zero-order chi connectivity index (χ0) is 14.7. The summed E-state index contributed by atoms with van der Waals surface area (Å²) in [5, 5.41) is 8.95. The zero-order valence-electron chi connectivity index (χ0n) is 11.1. The highest BCUT2D eigenvalue weighted by Crippen LogP contribution is 2.26. The molecule has 2 atom stereocenters. The van der Waals surface area contributed by atoms with Crippen molar-refractivity contribution in [2.24, 2.45) is 5.92 Å². The Morgan fingerprint density at radius 2 is 2.15 bits per heavy atom. The number of rotatable bonds is 4. The van der Waals surface area contributed by atoms with E-state index in [0.717, 1.165) is 4.47 Å². The van der Waals surface area contributed by atoms with Crippen LogP contribution in [0.25, 0.3) is 0 Å². The van der Waals surface area contributed by atoms with Crippen molar-refractivity contribution in [2.45, 2.75) is 19.4 Å². The third-order valence-corrected chi connectivity index (χ3v) is 3.99. The average Bonchev–Trinajstić information content (AvgIpc) is 2.90. The molecule has 2 unspecified atom stereocenters. The van der Waals surface area contributed by atoms with E-state index in [-0.39, 0.29) is 12.5 Å². The summed E-state index contributed by atoms with van der Waals surface area (Å²) in [4.78, 5) is 24.7. The van der Waals surface area contributed by atoms with Gasteiger partial charge >= 0.3 is 5.97 Å². The molecule has 20 heavy (non-hydrogen) atoms. The number of carboxylic acids is 1. The van der Waals surface area contributed by atoms with E-state index >= 15 is 0 Å². The van der Waals surface area contributed by atoms with Gasteiger partial charge in [-0.3, -0.25) is 9.59 Å². The van der Waals surface area contributed by atoms with Crippen LogP contribution < -0.4 is 4.74 Å². The Hall–Kier alpha value is -1.56. The highest BCUT2D eigenvalue weighted by atomic mass is 79.9. The van der Waals surface area contributed by atoms with Gasteiger partial charge in [-0.15, -0.1) is 0 Å². The molecule has 2 rings (SSSR count). The monoisotopic (exact) mass is 341 g/mol. The number of benzene rings is 1. The molecule has 1 fully saturated rings. The van der Waals surface area contributed by atoms with E-state index in [9.17, 15) is 9.59 Å². The van der Waals surface area contributed by atoms with Crippen LogP contribution in [0.15, 0.2) is 28.7 Å². The van der Waals surface area contributed by atoms with Crippen LogP contribution in [0.5, 0.6) is 5.75 Å². The number of ether oxygens (including phenoxy) is 1. The Bertz CT molecular complexity index is 520. The van der Waals surface area contributed by atoms with Crippen molar-refractivity contribution in [3.63, 3.8) is 0 Å². The smallest absolute Gasteiger partial charge is 0.308 e. The second kappa shape index (κ2) is 6.26. The van der Waals surface area contributed by atoms with Crippen LogP contribution in [0.4, 0.5) is 0 Å². The van der Waals surface area contributed by atoms with E-state index in [4.69, 9.17) is 9.84 Å². The lowest BCUT2D eigenvalue weighted by molar-refractivity contribution is -0.142. The lowest BCUT2D eigenvalue weighted by Crippen LogP contribution is -2.39. The number of hydrogen-bond acceptors (Lipinski definition) is 3. The van der Waals surface area contributed by atoms with Gasteiger partial charge in [0.05, 0.1) is 10.4 Å². The quantitative estimate of drug-likeness (QED) is 0.911. The molecular weight excluding hydrogens is 326 g/mol. The van der Waals surface area contributed by atoms with E-state index in [1.807, 2.05) is 18.2 Å². The van der Waals surface area contributed by atoms with E-state index < -0.39 is 18.0 Å². The number of para-hydroxylation sites is 1. The van der Waals surface area contributed by atoms with Crippen LogP contribution in [0.3, 0.4) is 0 Å². The third-order valence-electron chi connectivity index (χ3n) is 3.34. The van der Waals surface area contributed by atoms with E-state index in [0.29, 0.717) is 18.7 Å². The summed E-state index contributed by atoms with van der Waals surface area (Å²) in [6.45, 7) is 2.41. The average molecular weight is 342 g/mol. The first-order chi connectivity index (χ1) is 9.49. The van der Waals surface area contributed by atoms with Gasteiger partial charge in [0.2, 0.25) is 0 Å². The number of nitrogens with zero attached hydrogens (tertiary/aromatic N) is 1. The standard InChI is InChI=1S/C14H16BrNO4/c1-9(20-12-5-3-2-4-11(12)15)13(17)16-7-6-10(8-16)14(18)19/h2-5,9-10H,6-8H2,1H3,(H,18,19). The van der Waals surface area contributed by atoms with E-state index in [1.54, 1.807) is 17.9 Å². The topological polar surface area (TPSA) is 66.8 Å². The van der Waals surface area contributed by atoms with Crippen molar-refractivity contribution >= 4 is 27.8 Å². The molecule has 1 saturated heterocycles. The van der Waals surface area contributed by atoms with Gasteiger partial charge in [0.1, 0.15) is 5.75 Å². The molecule has 1 aromatic carbocycles. The lowest BCUT2D eigenvalue weighted by Gasteiger charge is -2.21. The Kier molecular flexibility index (Phi) is 4.65. The summed E-state index contributed by atoms with van der Waals surface area (Å²) >= 11 is 3.36. The fourth-order valence-electron chi connectivity index (χ4n) is 2.20. The Labute approximate surface area is 125 Å². The SMILES string of the molecule is CC(Oc1ccccc1Br)C(=O)N1CCC(C(=O)O)C1. The van der Waals surface area contributed by atoms with Crippen molar-refractivity contribution in [3.8, 4) is 5.75 Å². The van der Waals surface area contributed by atoms with Crippen LogP contribution in [0.1, 0.15) is 13.3 Å². The van der Waals surface area contributed by atoms with Gasteiger partial charge in [-0.05, 0) is 41.4 Å². The van der Waals surface area contributed by atoms with Gasteiger partial charge < -0.3 is 14.7 Å². The van der Waals surface area contributed by atoms with Crippen LogP contribution >= 0.6 is 15.9 Å². The third kappa shape index (κ3) is 3.30. The number of amides is 1. The highest BCUT2D eigenvalue weighted by Gasteiger charge is 2.33. The molecule has 1 heterocycles. The van der Waals surface area contributed by atoms with Crippen molar-refractivity contribution in [1.29, 1.82) is 0 Å². The Morgan fingerprint density at radius 3 is 2.75 bits per heavy atom. The minimum Gasteiger partial charge on any atom is -0.481 e. The molecule has 0 bridgehead atoms. The molecule has 0 aromatic heterocycles. The van der Waals surface area contributed by atoms with Crippen LogP contribution in [0.2, 0.25) is 0 Å². The molecular formula is C14H16BrNO4. The highest BCUT2D eigenvalue weighted by molar-refractivity contribution is 9.10. The molecule has 0 saturated carbocycles. The molecule has 0 radical (unpaired) electrons. The molecule has 108 valence electrons. The first-order valence-corrected chi connectivity index (χ1v) is 7.21. The summed E-state index contributed by atoms with van der Waals surface area (Å²) in [7, 11) is 0. The van der Waals surface area contributed by atoms with Crippen LogP contribution in [-0.4, -0.2) is 41.1 Å². The molecule has 6 heteroatoms.